The molecule has 0 unspecified atom stereocenters. The summed E-state index contributed by atoms with van der Waals surface area (Å²) in [6.45, 7) is 1.74. The summed E-state index contributed by atoms with van der Waals surface area (Å²) in [5.74, 6) is 0.956. The molecule has 1 aliphatic heterocycles. The van der Waals surface area contributed by atoms with E-state index in [4.69, 9.17) is 0 Å². The van der Waals surface area contributed by atoms with E-state index in [0.717, 1.165) is 37.4 Å². The fourth-order valence-corrected chi connectivity index (χ4v) is 2.07. The third-order valence-electron chi connectivity index (χ3n) is 3.03. The standard InChI is InChI=1S/C11H14N4O/c16-9-3-6-14(7-4-9)11-2-1-10-12-5-8-15(10)13-11/h1-2,5,8-9,16H,3-4,6-7H2. The molecule has 0 aliphatic carbocycles. The summed E-state index contributed by atoms with van der Waals surface area (Å²) in [4.78, 5) is 6.36. The Morgan fingerprint density at radius 1 is 1.25 bits per heavy atom. The van der Waals surface area contributed by atoms with Crippen LogP contribution in [0.5, 0.6) is 0 Å². The largest absolute Gasteiger partial charge is 0.393 e. The van der Waals surface area contributed by atoms with Crippen molar-refractivity contribution >= 4 is 11.5 Å². The van der Waals surface area contributed by atoms with Crippen LogP contribution >= 0.6 is 0 Å². The number of fused-ring (bicyclic) bond motifs is 1. The third-order valence-corrected chi connectivity index (χ3v) is 3.03. The number of hydrogen-bond donors (Lipinski definition) is 1. The van der Waals surface area contributed by atoms with Crippen molar-refractivity contribution in [2.24, 2.45) is 0 Å². The van der Waals surface area contributed by atoms with Crippen molar-refractivity contribution in [3.63, 3.8) is 0 Å². The number of hydrogen-bond acceptors (Lipinski definition) is 4. The van der Waals surface area contributed by atoms with Gasteiger partial charge in [0.25, 0.3) is 0 Å². The van der Waals surface area contributed by atoms with E-state index in [0.29, 0.717) is 0 Å². The summed E-state index contributed by atoms with van der Waals surface area (Å²) in [6.07, 6.45) is 5.09. The van der Waals surface area contributed by atoms with Gasteiger partial charge >= 0.3 is 0 Å². The molecule has 5 nitrogen and oxygen atoms in total. The molecule has 1 N–H and O–H groups in total. The van der Waals surface area contributed by atoms with Crippen molar-refractivity contribution in [2.75, 3.05) is 18.0 Å². The highest BCUT2D eigenvalue weighted by Crippen LogP contribution is 2.17. The van der Waals surface area contributed by atoms with Gasteiger partial charge in [0.1, 0.15) is 5.82 Å². The molecule has 2 aromatic rings. The molecule has 5 heteroatoms. The first-order valence-electron chi connectivity index (χ1n) is 5.56. The Kier molecular flexibility index (Phi) is 2.25. The second kappa shape index (κ2) is 3.75. The highest BCUT2D eigenvalue weighted by molar-refractivity contribution is 5.45. The van der Waals surface area contributed by atoms with Crippen molar-refractivity contribution in [1.82, 2.24) is 14.6 Å². The number of aliphatic hydroxyl groups excluding tert-OH is 1. The van der Waals surface area contributed by atoms with Crippen molar-refractivity contribution in [1.29, 1.82) is 0 Å². The number of imidazole rings is 1. The molecule has 0 saturated carbocycles. The Balaban J connectivity index is 1.87. The van der Waals surface area contributed by atoms with Crippen molar-refractivity contribution < 1.29 is 5.11 Å². The van der Waals surface area contributed by atoms with Crippen LogP contribution in [-0.2, 0) is 0 Å². The number of rotatable bonds is 1. The normalized spacial score (nSPS) is 18.2. The van der Waals surface area contributed by atoms with Crippen molar-refractivity contribution in [2.45, 2.75) is 18.9 Å². The van der Waals surface area contributed by atoms with Crippen LogP contribution in [0.15, 0.2) is 24.5 Å². The van der Waals surface area contributed by atoms with Crippen LogP contribution in [0.25, 0.3) is 5.65 Å². The van der Waals surface area contributed by atoms with Crippen LogP contribution in [-0.4, -0.2) is 38.9 Å². The van der Waals surface area contributed by atoms with Gasteiger partial charge in [-0.15, -0.1) is 5.10 Å². The van der Waals surface area contributed by atoms with E-state index >= 15 is 0 Å². The predicted molar refractivity (Wildman–Crippen MR) is 60.4 cm³/mol. The molecule has 84 valence electrons. The van der Waals surface area contributed by atoms with Crippen molar-refractivity contribution in [3.8, 4) is 0 Å². The van der Waals surface area contributed by atoms with E-state index in [1.807, 2.05) is 18.3 Å². The fraction of sp³-hybridized carbons (Fsp3) is 0.455. The maximum absolute atomic E-state index is 9.45. The summed E-state index contributed by atoms with van der Waals surface area (Å²) in [6, 6.07) is 3.95. The van der Waals surface area contributed by atoms with Crippen LogP contribution in [0, 0.1) is 0 Å². The van der Waals surface area contributed by atoms with Crippen LogP contribution in [0.4, 0.5) is 5.82 Å². The van der Waals surface area contributed by atoms with Gasteiger partial charge in [0, 0.05) is 25.5 Å². The summed E-state index contributed by atoms with van der Waals surface area (Å²) < 4.78 is 1.78. The maximum atomic E-state index is 9.45. The van der Waals surface area contributed by atoms with Gasteiger partial charge in [-0.3, -0.25) is 0 Å². The van der Waals surface area contributed by atoms with Crippen LogP contribution < -0.4 is 4.90 Å². The van der Waals surface area contributed by atoms with E-state index in [2.05, 4.69) is 15.0 Å². The zero-order valence-electron chi connectivity index (χ0n) is 8.95. The molecule has 0 radical (unpaired) electrons. The predicted octanol–water partition coefficient (Wildman–Crippen LogP) is 0.690. The molecule has 1 aliphatic rings. The van der Waals surface area contributed by atoms with E-state index in [1.54, 1.807) is 10.7 Å². The molecule has 2 aromatic heterocycles. The van der Waals surface area contributed by atoms with Gasteiger partial charge in [0.05, 0.1) is 6.10 Å². The minimum absolute atomic E-state index is 0.145. The molecule has 0 bridgehead atoms. The van der Waals surface area contributed by atoms with Crippen molar-refractivity contribution in [3.05, 3.63) is 24.5 Å². The van der Waals surface area contributed by atoms with Gasteiger partial charge in [0.15, 0.2) is 5.65 Å². The maximum Gasteiger partial charge on any atom is 0.153 e. The first-order valence-corrected chi connectivity index (χ1v) is 5.56. The molecule has 0 spiro atoms. The van der Waals surface area contributed by atoms with Gasteiger partial charge in [-0.25, -0.2) is 9.50 Å². The van der Waals surface area contributed by atoms with E-state index < -0.39 is 0 Å². The molecule has 1 saturated heterocycles. The van der Waals surface area contributed by atoms with Gasteiger partial charge in [-0.05, 0) is 25.0 Å². The number of nitrogens with zero attached hydrogens (tertiary/aromatic N) is 4. The zero-order valence-corrected chi connectivity index (χ0v) is 8.95. The molecule has 0 amide bonds. The van der Waals surface area contributed by atoms with Gasteiger partial charge in [-0.2, -0.15) is 0 Å². The summed E-state index contributed by atoms with van der Waals surface area (Å²) >= 11 is 0. The van der Waals surface area contributed by atoms with E-state index in [1.165, 1.54) is 0 Å². The van der Waals surface area contributed by atoms with Crippen LogP contribution in [0.2, 0.25) is 0 Å². The van der Waals surface area contributed by atoms with Crippen LogP contribution in [0.3, 0.4) is 0 Å². The molecule has 0 aromatic carbocycles. The molecule has 0 atom stereocenters. The lowest BCUT2D eigenvalue weighted by Crippen LogP contribution is -2.36. The lowest BCUT2D eigenvalue weighted by Gasteiger charge is -2.30. The van der Waals surface area contributed by atoms with E-state index in [-0.39, 0.29) is 6.10 Å². The molecule has 3 rings (SSSR count). The Morgan fingerprint density at radius 3 is 2.88 bits per heavy atom. The van der Waals surface area contributed by atoms with Crippen LogP contribution in [0.1, 0.15) is 12.8 Å². The smallest absolute Gasteiger partial charge is 0.153 e. The number of aliphatic hydroxyl groups is 1. The Bertz CT molecular complexity index is 487. The third kappa shape index (κ3) is 1.63. The lowest BCUT2D eigenvalue weighted by atomic mass is 10.1. The quantitative estimate of drug-likeness (QED) is 0.765. The molecule has 16 heavy (non-hydrogen) atoms. The number of piperidine rings is 1. The highest BCUT2D eigenvalue weighted by atomic mass is 16.3. The first kappa shape index (κ1) is 9.59. The molecular weight excluding hydrogens is 204 g/mol. The second-order valence-corrected chi connectivity index (χ2v) is 4.14. The SMILES string of the molecule is OC1CCN(c2ccc3nccn3n2)CC1. The Morgan fingerprint density at radius 2 is 2.06 bits per heavy atom. The summed E-state index contributed by atoms with van der Waals surface area (Å²) in [5.41, 5.74) is 0.862. The topological polar surface area (TPSA) is 53.7 Å². The highest BCUT2D eigenvalue weighted by Gasteiger charge is 2.18. The minimum Gasteiger partial charge on any atom is -0.393 e. The molecule has 1 fully saturated rings. The van der Waals surface area contributed by atoms with Gasteiger partial charge in [-0.1, -0.05) is 0 Å². The monoisotopic (exact) mass is 218 g/mol. The average Bonchev–Trinajstić information content (AvgIpc) is 2.77. The first-order chi connectivity index (χ1) is 7.83. The average molecular weight is 218 g/mol. The lowest BCUT2D eigenvalue weighted by molar-refractivity contribution is 0.145. The Labute approximate surface area is 93.3 Å². The zero-order chi connectivity index (χ0) is 11.0. The molecule has 3 heterocycles. The number of aromatic nitrogens is 3. The minimum atomic E-state index is -0.145. The Hall–Kier alpha value is -1.62. The van der Waals surface area contributed by atoms with E-state index in [9.17, 15) is 5.11 Å². The second-order valence-electron chi connectivity index (χ2n) is 4.14. The fourth-order valence-electron chi connectivity index (χ4n) is 2.07. The summed E-state index contributed by atoms with van der Waals surface area (Å²) in [5, 5.41) is 13.9. The summed E-state index contributed by atoms with van der Waals surface area (Å²) in [7, 11) is 0. The number of anilines is 1. The van der Waals surface area contributed by atoms with Gasteiger partial charge in [0.2, 0.25) is 0 Å². The van der Waals surface area contributed by atoms with Gasteiger partial charge < -0.3 is 10.0 Å². The molecular formula is C11H14N4O.